The third-order valence-corrected chi connectivity index (χ3v) is 5.81. The summed E-state index contributed by atoms with van der Waals surface area (Å²) in [5.74, 6) is -0.335. The van der Waals surface area contributed by atoms with E-state index in [-0.39, 0.29) is 5.97 Å². The van der Waals surface area contributed by atoms with E-state index in [1.165, 1.54) is 29.2 Å². The summed E-state index contributed by atoms with van der Waals surface area (Å²) in [6.45, 7) is 4.21. The van der Waals surface area contributed by atoms with Gasteiger partial charge in [0.2, 0.25) is 5.69 Å². The number of methoxy groups -OCH3 is 1. The number of aromatic nitrogens is 1. The third-order valence-electron chi connectivity index (χ3n) is 5.81. The molecule has 0 atom stereocenters. The van der Waals surface area contributed by atoms with Crippen molar-refractivity contribution in [2.45, 2.75) is 13.8 Å². The van der Waals surface area contributed by atoms with E-state index in [0.29, 0.717) is 11.8 Å². The van der Waals surface area contributed by atoms with Crippen LogP contribution in [-0.4, -0.2) is 43.5 Å². The molecule has 0 fully saturated rings. The number of H-pyrrole nitrogens is 1. The number of fused-ring (bicyclic) bond motifs is 2. The van der Waals surface area contributed by atoms with Gasteiger partial charge in [0.25, 0.3) is 0 Å². The highest BCUT2D eigenvalue weighted by Crippen LogP contribution is 2.38. The highest BCUT2D eigenvalue weighted by molar-refractivity contribution is 7.84. The fourth-order valence-electron chi connectivity index (χ4n) is 4.23. The van der Waals surface area contributed by atoms with Gasteiger partial charge < -0.3 is 14.3 Å². The van der Waals surface area contributed by atoms with Crippen molar-refractivity contribution in [2.24, 2.45) is 0 Å². The zero-order valence-corrected chi connectivity index (χ0v) is 21.2. The number of aryl methyl sites for hydroxylation is 2. The fraction of sp³-hybridized carbons (Fsp3) is 0.143. The maximum Gasteiger partial charge on any atom is 0.337 e. The van der Waals surface area contributed by atoms with Gasteiger partial charge in [-0.2, -0.15) is 0 Å². The molecule has 0 saturated heterocycles. The van der Waals surface area contributed by atoms with Crippen LogP contribution in [0.15, 0.2) is 66.9 Å². The minimum absolute atomic E-state index is 0.335. The van der Waals surface area contributed by atoms with E-state index in [1.54, 1.807) is 0 Å². The topological polar surface area (TPSA) is 113 Å². The van der Waals surface area contributed by atoms with Gasteiger partial charge in [-0.05, 0) is 49.7 Å². The molecule has 1 aliphatic heterocycles. The van der Waals surface area contributed by atoms with Crippen LogP contribution in [0.5, 0.6) is 0 Å². The lowest BCUT2D eigenvalue weighted by Crippen LogP contribution is -2.58. The van der Waals surface area contributed by atoms with Crippen LogP contribution in [0.2, 0.25) is 0 Å². The highest BCUT2D eigenvalue weighted by Gasteiger charge is 2.25. The maximum atomic E-state index is 11.9. The van der Waals surface area contributed by atoms with Crippen molar-refractivity contribution in [3.63, 3.8) is 0 Å². The van der Waals surface area contributed by atoms with Crippen molar-refractivity contribution in [3.8, 4) is 0 Å². The van der Waals surface area contributed by atoms with Gasteiger partial charge in [0, 0.05) is 40.6 Å². The van der Waals surface area contributed by atoms with E-state index < -0.39 is 10.1 Å². The van der Waals surface area contributed by atoms with Gasteiger partial charge in [0.1, 0.15) is 0 Å². The second kappa shape index (κ2) is 9.93. The van der Waals surface area contributed by atoms with Crippen molar-refractivity contribution >= 4 is 50.0 Å². The van der Waals surface area contributed by atoms with Gasteiger partial charge in [0.15, 0.2) is 6.21 Å². The minimum atomic E-state index is -3.92. The zero-order chi connectivity index (χ0) is 26.0. The van der Waals surface area contributed by atoms with Gasteiger partial charge in [-0.1, -0.05) is 35.4 Å². The van der Waals surface area contributed by atoms with Gasteiger partial charge >= 0.3 is 5.97 Å². The summed E-state index contributed by atoms with van der Waals surface area (Å²) in [7, 11) is -2.52. The Morgan fingerprint density at radius 3 is 2.22 bits per heavy atom. The summed E-state index contributed by atoms with van der Waals surface area (Å²) in [6, 6.07) is 20.5. The monoisotopic (exact) mass is 502 g/mol. The SMILES string of the molecule is COC(=O)c1ccc(C(=C2C=[NH+]c3ccc(C)cc32)c2c[nH]c3ccc(C)cc23)cc1.CS(=O)(=O)[O-]. The number of allylic oxidation sites excluding steroid dienone is 1. The average molecular weight is 503 g/mol. The molecule has 0 aliphatic carbocycles. The van der Waals surface area contributed by atoms with Crippen LogP contribution in [0.25, 0.3) is 22.0 Å². The molecule has 0 saturated carbocycles. The summed E-state index contributed by atoms with van der Waals surface area (Å²) < 4.78 is 32.1. The molecule has 0 amide bonds. The van der Waals surface area contributed by atoms with Crippen LogP contribution in [0.1, 0.15) is 38.2 Å². The standard InChI is InChI=1S/C27H22N2O2.CH4O3S/c1-16-4-10-24-20(12-16)22(14-28-24)26(18-6-8-19(9-7-18)27(30)31-3)23-15-29-25-11-5-17(2)13-21(23)25;1-5(2,3)4/h4-15,28H,1-3H3;1H3,(H,2,3,4). The maximum absolute atomic E-state index is 11.9. The smallest absolute Gasteiger partial charge is 0.337 e. The van der Waals surface area contributed by atoms with E-state index >= 15 is 0 Å². The van der Waals surface area contributed by atoms with Gasteiger partial charge in [-0.15, -0.1) is 0 Å². The Labute approximate surface area is 209 Å². The van der Waals surface area contributed by atoms with Crippen molar-refractivity contribution in [3.05, 3.63) is 100 Å². The number of ether oxygens (including phenoxy) is 1. The van der Waals surface area contributed by atoms with E-state index in [4.69, 9.17) is 17.7 Å². The summed E-state index contributed by atoms with van der Waals surface area (Å²) >= 11 is 0. The predicted molar refractivity (Wildman–Crippen MR) is 140 cm³/mol. The van der Waals surface area contributed by atoms with Crippen LogP contribution < -0.4 is 4.99 Å². The molecule has 3 aromatic carbocycles. The Kier molecular flexibility index (Phi) is 6.92. The molecule has 4 aromatic rings. The second-order valence-corrected chi connectivity index (χ2v) is 10.1. The average Bonchev–Trinajstić information content (AvgIpc) is 3.42. The Hall–Kier alpha value is -4.01. The first kappa shape index (κ1) is 25.1. The van der Waals surface area contributed by atoms with E-state index in [1.807, 2.05) is 24.3 Å². The number of hydrogen-bond acceptors (Lipinski definition) is 5. The largest absolute Gasteiger partial charge is 0.748 e. The lowest BCUT2D eigenvalue weighted by molar-refractivity contribution is -0.342. The minimum Gasteiger partial charge on any atom is -0.748 e. The number of esters is 1. The second-order valence-electron chi connectivity index (χ2n) is 8.65. The number of rotatable bonds is 3. The van der Waals surface area contributed by atoms with Crippen LogP contribution >= 0.6 is 0 Å². The Morgan fingerprint density at radius 1 is 0.944 bits per heavy atom. The molecule has 5 rings (SSSR count). The molecule has 36 heavy (non-hydrogen) atoms. The number of hydrogen-bond donors (Lipinski definition) is 2. The van der Waals surface area contributed by atoms with Crippen LogP contribution in [0, 0.1) is 13.8 Å². The number of carbonyl (C=O) groups excluding carboxylic acids is 1. The summed E-state index contributed by atoms with van der Waals surface area (Å²) in [6.07, 6.45) is 4.75. The summed E-state index contributed by atoms with van der Waals surface area (Å²) in [5, 5.41) is 1.18. The van der Waals surface area contributed by atoms with E-state index in [0.717, 1.165) is 33.5 Å². The molecule has 2 heterocycles. The molecule has 8 heteroatoms. The van der Waals surface area contributed by atoms with Crippen molar-refractivity contribution < 1.29 is 27.5 Å². The number of benzene rings is 3. The number of carbonyl (C=O) groups is 1. The van der Waals surface area contributed by atoms with Crippen molar-refractivity contribution in [1.29, 1.82) is 0 Å². The van der Waals surface area contributed by atoms with Gasteiger partial charge in [-0.3, -0.25) is 0 Å². The predicted octanol–water partition coefficient (Wildman–Crippen LogP) is 3.49. The van der Waals surface area contributed by atoms with Gasteiger partial charge in [-0.25, -0.2) is 18.2 Å². The van der Waals surface area contributed by atoms with Crippen molar-refractivity contribution in [1.82, 2.24) is 4.98 Å². The Morgan fingerprint density at radius 2 is 1.56 bits per heavy atom. The van der Waals surface area contributed by atoms with Crippen LogP contribution in [0.3, 0.4) is 0 Å². The zero-order valence-electron chi connectivity index (χ0n) is 20.4. The molecule has 184 valence electrons. The number of nitrogens with one attached hydrogen (secondary N) is 2. The summed E-state index contributed by atoms with van der Waals surface area (Å²) in [5.41, 5.74) is 10.7. The Balaban J connectivity index is 0.000000556. The first-order valence-electron chi connectivity index (χ1n) is 11.2. The molecule has 1 aliphatic rings. The van der Waals surface area contributed by atoms with E-state index in [9.17, 15) is 4.79 Å². The lowest BCUT2D eigenvalue weighted by Gasteiger charge is -2.11. The first-order valence-corrected chi connectivity index (χ1v) is 13.0. The Bertz CT molecular complexity index is 1620. The van der Waals surface area contributed by atoms with Crippen LogP contribution in [-0.2, 0) is 14.9 Å². The molecule has 0 unspecified atom stereocenters. The highest BCUT2D eigenvalue weighted by atomic mass is 32.2. The van der Waals surface area contributed by atoms with Crippen molar-refractivity contribution in [2.75, 3.05) is 13.4 Å². The van der Waals surface area contributed by atoms with Gasteiger partial charge in [0.05, 0.1) is 33.9 Å². The first-order chi connectivity index (χ1) is 17.0. The number of aromatic amines is 1. The summed E-state index contributed by atoms with van der Waals surface area (Å²) in [4.78, 5) is 18.8. The molecular formula is C28H26N2O5S. The lowest BCUT2D eigenvalue weighted by atomic mass is 9.89. The normalized spacial score (nSPS) is 13.7. The molecular weight excluding hydrogens is 476 g/mol. The molecule has 0 radical (unpaired) electrons. The third kappa shape index (κ3) is 5.45. The van der Waals surface area contributed by atoms with Crippen LogP contribution in [0.4, 0.5) is 5.69 Å². The quantitative estimate of drug-likeness (QED) is 0.329. The molecule has 2 N–H and O–H groups in total. The molecule has 0 spiro atoms. The van der Waals surface area contributed by atoms with E-state index in [2.05, 4.69) is 72.6 Å². The fourth-order valence-corrected chi connectivity index (χ4v) is 4.23. The molecule has 7 nitrogen and oxygen atoms in total. The molecule has 0 bridgehead atoms. The molecule has 1 aromatic heterocycles.